The normalized spacial score (nSPS) is 28.9. The van der Waals surface area contributed by atoms with Gasteiger partial charge in [0, 0.05) is 12.6 Å². The summed E-state index contributed by atoms with van der Waals surface area (Å²) in [7, 11) is 0. The Labute approximate surface area is 103 Å². The van der Waals surface area contributed by atoms with Crippen molar-refractivity contribution in [1.29, 1.82) is 5.26 Å². The van der Waals surface area contributed by atoms with Crippen molar-refractivity contribution < 1.29 is 0 Å². The maximum absolute atomic E-state index is 9.40. The molecule has 0 spiro atoms. The van der Waals surface area contributed by atoms with Gasteiger partial charge in [-0.15, -0.1) is 0 Å². The minimum Gasteiger partial charge on any atom is -0.300 e. The molecular formula is C13H20N4. The van der Waals surface area contributed by atoms with Gasteiger partial charge >= 0.3 is 0 Å². The SMILES string of the molecule is CCNC1(C#N)CCCC(n2ccc(C)n2)C1. The quantitative estimate of drug-likeness (QED) is 0.869. The van der Waals surface area contributed by atoms with Crippen molar-refractivity contribution >= 4 is 0 Å². The molecule has 17 heavy (non-hydrogen) atoms. The monoisotopic (exact) mass is 232 g/mol. The lowest BCUT2D eigenvalue weighted by atomic mass is 9.80. The molecule has 1 fully saturated rings. The fraction of sp³-hybridized carbons (Fsp3) is 0.692. The summed E-state index contributed by atoms with van der Waals surface area (Å²) in [5.41, 5.74) is 0.693. The molecule has 1 N–H and O–H groups in total. The van der Waals surface area contributed by atoms with Crippen LogP contribution in [0.15, 0.2) is 12.3 Å². The van der Waals surface area contributed by atoms with Crippen LogP contribution in [-0.4, -0.2) is 21.9 Å². The molecule has 2 unspecified atom stereocenters. The molecule has 0 aromatic carbocycles. The predicted molar refractivity (Wildman–Crippen MR) is 66.5 cm³/mol. The van der Waals surface area contributed by atoms with E-state index in [9.17, 15) is 5.26 Å². The van der Waals surface area contributed by atoms with Crippen LogP contribution in [0, 0.1) is 18.3 Å². The largest absolute Gasteiger partial charge is 0.300 e. The van der Waals surface area contributed by atoms with E-state index in [1.165, 1.54) is 0 Å². The number of rotatable bonds is 3. The van der Waals surface area contributed by atoms with Crippen molar-refractivity contribution in [2.45, 2.75) is 51.1 Å². The number of nitrogens with one attached hydrogen (secondary N) is 1. The average molecular weight is 232 g/mol. The van der Waals surface area contributed by atoms with Crippen LogP contribution in [0.4, 0.5) is 0 Å². The van der Waals surface area contributed by atoms with Gasteiger partial charge in [-0.3, -0.25) is 10.00 Å². The lowest BCUT2D eigenvalue weighted by molar-refractivity contribution is 0.222. The van der Waals surface area contributed by atoms with Gasteiger partial charge in [0.25, 0.3) is 0 Å². The van der Waals surface area contributed by atoms with E-state index in [0.717, 1.165) is 37.9 Å². The Kier molecular flexibility index (Phi) is 3.49. The standard InChI is InChI=1S/C13H20N4/c1-3-15-13(10-14)7-4-5-12(9-13)17-8-6-11(2)16-17/h6,8,12,15H,3-5,7,9H2,1-2H3. The second kappa shape index (κ2) is 4.89. The highest BCUT2D eigenvalue weighted by molar-refractivity contribution is 5.11. The molecule has 1 saturated carbocycles. The molecule has 4 nitrogen and oxygen atoms in total. The van der Waals surface area contributed by atoms with Crippen LogP contribution in [0.5, 0.6) is 0 Å². The molecule has 1 aromatic heterocycles. The number of aromatic nitrogens is 2. The van der Waals surface area contributed by atoms with Crippen molar-refractivity contribution in [3.8, 4) is 6.07 Å². The highest BCUT2D eigenvalue weighted by Crippen LogP contribution is 2.34. The van der Waals surface area contributed by atoms with Crippen molar-refractivity contribution in [3.63, 3.8) is 0 Å². The predicted octanol–water partition coefficient (Wildman–Crippen LogP) is 2.18. The average Bonchev–Trinajstić information content (AvgIpc) is 2.77. The number of hydrogen-bond acceptors (Lipinski definition) is 3. The number of nitrogens with zero attached hydrogens (tertiary/aromatic N) is 3. The molecule has 2 rings (SSSR count). The van der Waals surface area contributed by atoms with Gasteiger partial charge in [0.2, 0.25) is 0 Å². The molecule has 0 saturated heterocycles. The fourth-order valence-corrected chi connectivity index (χ4v) is 2.75. The van der Waals surface area contributed by atoms with Gasteiger partial charge in [0.1, 0.15) is 5.54 Å². The van der Waals surface area contributed by atoms with Crippen LogP contribution in [0.1, 0.15) is 44.3 Å². The van der Waals surface area contributed by atoms with E-state index in [2.05, 4.69) is 23.4 Å². The third-order valence-electron chi connectivity index (χ3n) is 3.57. The molecule has 1 heterocycles. The second-order valence-electron chi connectivity index (χ2n) is 4.91. The van der Waals surface area contributed by atoms with E-state index in [-0.39, 0.29) is 5.54 Å². The summed E-state index contributed by atoms with van der Waals surface area (Å²) in [6.45, 7) is 4.90. The zero-order valence-electron chi connectivity index (χ0n) is 10.6. The van der Waals surface area contributed by atoms with Gasteiger partial charge in [-0.1, -0.05) is 6.92 Å². The lowest BCUT2D eigenvalue weighted by Crippen LogP contribution is -2.47. The van der Waals surface area contributed by atoms with Gasteiger partial charge in [0.15, 0.2) is 0 Å². The number of hydrogen-bond donors (Lipinski definition) is 1. The van der Waals surface area contributed by atoms with Crippen molar-refractivity contribution in [2.75, 3.05) is 6.54 Å². The van der Waals surface area contributed by atoms with E-state index in [1.807, 2.05) is 23.9 Å². The summed E-state index contributed by atoms with van der Waals surface area (Å²) in [6, 6.07) is 4.85. The topological polar surface area (TPSA) is 53.6 Å². The third kappa shape index (κ3) is 2.50. The lowest BCUT2D eigenvalue weighted by Gasteiger charge is -2.36. The van der Waals surface area contributed by atoms with Gasteiger partial charge in [0.05, 0.1) is 17.8 Å². The Morgan fingerprint density at radius 1 is 1.71 bits per heavy atom. The van der Waals surface area contributed by atoms with Crippen LogP contribution in [-0.2, 0) is 0 Å². The fourth-order valence-electron chi connectivity index (χ4n) is 2.75. The first-order valence-corrected chi connectivity index (χ1v) is 6.37. The molecular weight excluding hydrogens is 212 g/mol. The van der Waals surface area contributed by atoms with Crippen LogP contribution in [0.2, 0.25) is 0 Å². The Morgan fingerprint density at radius 3 is 3.12 bits per heavy atom. The molecule has 1 aliphatic carbocycles. The number of nitriles is 1. The van der Waals surface area contributed by atoms with Gasteiger partial charge < -0.3 is 0 Å². The first-order chi connectivity index (χ1) is 8.19. The summed E-state index contributed by atoms with van der Waals surface area (Å²) in [6.07, 6.45) is 6.05. The summed E-state index contributed by atoms with van der Waals surface area (Å²) in [5, 5.41) is 17.2. The molecule has 4 heteroatoms. The Morgan fingerprint density at radius 2 is 2.53 bits per heavy atom. The van der Waals surface area contributed by atoms with Gasteiger partial charge in [-0.05, 0) is 38.8 Å². The van der Waals surface area contributed by atoms with Crippen molar-refractivity contribution in [3.05, 3.63) is 18.0 Å². The van der Waals surface area contributed by atoms with Gasteiger partial charge in [-0.25, -0.2) is 0 Å². The minimum atomic E-state index is -0.350. The maximum atomic E-state index is 9.40. The van der Waals surface area contributed by atoms with Crippen molar-refractivity contribution in [2.24, 2.45) is 0 Å². The minimum absolute atomic E-state index is 0.350. The Balaban J connectivity index is 2.14. The van der Waals surface area contributed by atoms with Crippen LogP contribution in [0.3, 0.4) is 0 Å². The van der Waals surface area contributed by atoms with E-state index < -0.39 is 0 Å². The zero-order chi connectivity index (χ0) is 12.3. The zero-order valence-corrected chi connectivity index (χ0v) is 10.6. The van der Waals surface area contributed by atoms with Gasteiger partial charge in [-0.2, -0.15) is 10.4 Å². The summed E-state index contributed by atoms with van der Waals surface area (Å²) in [5.74, 6) is 0. The van der Waals surface area contributed by atoms with Crippen LogP contribution < -0.4 is 5.32 Å². The van der Waals surface area contributed by atoms with Crippen LogP contribution >= 0.6 is 0 Å². The first kappa shape index (κ1) is 12.1. The summed E-state index contributed by atoms with van der Waals surface area (Å²) in [4.78, 5) is 0. The Bertz CT molecular complexity index is 413. The van der Waals surface area contributed by atoms with Crippen LogP contribution in [0.25, 0.3) is 0 Å². The smallest absolute Gasteiger partial charge is 0.108 e. The molecule has 0 radical (unpaired) electrons. The third-order valence-corrected chi connectivity index (χ3v) is 3.57. The molecule has 2 atom stereocenters. The molecule has 0 aliphatic heterocycles. The summed E-state index contributed by atoms with van der Waals surface area (Å²) >= 11 is 0. The number of aryl methyl sites for hydroxylation is 1. The summed E-state index contributed by atoms with van der Waals surface area (Å²) < 4.78 is 2.03. The maximum Gasteiger partial charge on any atom is 0.108 e. The second-order valence-corrected chi connectivity index (χ2v) is 4.91. The Hall–Kier alpha value is -1.34. The van der Waals surface area contributed by atoms with E-state index >= 15 is 0 Å². The van der Waals surface area contributed by atoms with E-state index in [1.54, 1.807) is 0 Å². The molecule has 0 bridgehead atoms. The highest BCUT2D eigenvalue weighted by Gasteiger charge is 2.36. The first-order valence-electron chi connectivity index (χ1n) is 6.37. The van der Waals surface area contributed by atoms with Crippen molar-refractivity contribution in [1.82, 2.24) is 15.1 Å². The molecule has 0 amide bonds. The van der Waals surface area contributed by atoms with E-state index in [0.29, 0.717) is 6.04 Å². The van der Waals surface area contributed by atoms with E-state index in [4.69, 9.17) is 0 Å². The molecule has 1 aliphatic rings. The highest BCUT2D eigenvalue weighted by atomic mass is 15.3. The molecule has 92 valence electrons. The molecule has 1 aromatic rings.